The lowest BCUT2D eigenvalue weighted by Gasteiger charge is -2.40. The van der Waals surface area contributed by atoms with E-state index in [-0.39, 0.29) is 40.2 Å². The molecule has 0 saturated heterocycles. The van der Waals surface area contributed by atoms with E-state index in [1.54, 1.807) is 12.1 Å². The summed E-state index contributed by atoms with van der Waals surface area (Å²) in [5, 5.41) is 14.2. The molecule has 2 aromatic rings. The topological polar surface area (TPSA) is 154 Å². The van der Waals surface area contributed by atoms with Crippen LogP contribution in [0.15, 0.2) is 57.3 Å². The molecule has 35 heavy (non-hydrogen) atoms. The molecule has 0 spiro atoms. The lowest BCUT2D eigenvalue weighted by molar-refractivity contribution is -0.121. The van der Waals surface area contributed by atoms with E-state index in [0.29, 0.717) is 24.1 Å². The maximum Gasteiger partial charge on any atom is 0.255 e. The molecule has 0 bridgehead atoms. The van der Waals surface area contributed by atoms with Crippen molar-refractivity contribution < 1.29 is 28.5 Å². The second-order valence-electron chi connectivity index (χ2n) is 8.68. The average molecular weight is 500 g/mol. The van der Waals surface area contributed by atoms with Crippen LogP contribution in [0.5, 0.6) is 5.75 Å². The molecule has 186 valence electrons. The summed E-state index contributed by atoms with van der Waals surface area (Å²) < 4.78 is 31.1. The van der Waals surface area contributed by atoms with Crippen molar-refractivity contribution in [3.8, 4) is 5.75 Å². The largest absolute Gasteiger partial charge is 0.506 e. The smallest absolute Gasteiger partial charge is 0.255 e. The molecule has 0 atom stereocenters. The molecule has 1 aliphatic carbocycles. The van der Waals surface area contributed by atoms with Crippen LogP contribution in [0.25, 0.3) is 5.76 Å². The van der Waals surface area contributed by atoms with Gasteiger partial charge in [0.15, 0.2) is 18.2 Å². The second-order valence-corrected chi connectivity index (χ2v) is 10.3. The summed E-state index contributed by atoms with van der Waals surface area (Å²) >= 11 is 0. The van der Waals surface area contributed by atoms with Crippen LogP contribution in [0.3, 0.4) is 0 Å². The number of primary amides is 1. The van der Waals surface area contributed by atoms with Gasteiger partial charge in [0.2, 0.25) is 0 Å². The zero-order chi connectivity index (χ0) is 25.4. The number of benzene rings is 2. The van der Waals surface area contributed by atoms with Crippen molar-refractivity contribution in [2.75, 3.05) is 11.9 Å². The fourth-order valence-electron chi connectivity index (χ4n) is 4.92. The number of Topliss-reactive ketones (excluding diaryl/α,β-unsaturated/α-hetero) is 1. The van der Waals surface area contributed by atoms with Gasteiger partial charge in [-0.05, 0) is 30.5 Å². The molecule has 1 aliphatic heterocycles. The van der Waals surface area contributed by atoms with Gasteiger partial charge >= 0.3 is 0 Å². The van der Waals surface area contributed by atoms with Crippen LogP contribution in [0, 0.1) is 0 Å². The maximum atomic E-state index is 14.1. The summed E-state index contributed by atoms with van der Waals surface area (Å²) in [6.07, 6.45) is 2.66. The molecule has 0 saturated carbocycles. The van der Waals surface area contributed by atoms with Crippen LogP contribution in [-0.4, -0.2) is 38.3 Å². The number of amidine groups is 1. The number of hydrogen-bond acceptors (Lipinski definition) is 8. The number of fused-ring (bicyclic) bond motifs is 2. The van der Waals surface area contributed by atoms with E-state index in [9.17, 15) is 23.8 Å². The van der Waals surface area contributed by atoms with Crippen molar-refractivity contribution >= 4 is 39.7 Å². The van der Waals surface area contributed by atoms with Gasteiger partial charge in [-0.25, -0.2) is 0 Å². The molecule has 0 aromatic heterocycles. The minimum Gasteiger partial charge on any atom is -0.506 e. The van der Waals surface area contributed by atoms with Crippen molar-refractivity contribution in [3.05, 3.63) is 59.2 Å². The van der Waals surface area contributed by atoms with Gasteiger partial charge in [0.25, 0.3) is 5.91 Å². The number of aliphatic hydroxyl groups is 1. The van der Waals surface area contributed by atoms with Crippen LogP contribution in [0.2, 0.25) is 0 Å². The lowest BCUT2D eigenvalue weighted by atomic mass is 9.63. The van der Waals surface area contributed by atoms with E-state index in [2.05, 4.69) is 9.71 Å². The van der Waals surface area contributed by atoms with Crippen LogP contribution in [0.4, 0.5) is 5.69 Å². The average Bonchev–Trinajstić information content (AvgIpc) is 2.81. The quantitative estimate of drug-likeness (QED) is 0.350. The van der Waals surface area contributed by atoms with Crippen molar-refractivity contribution in [2.24, 2.45) is 10.1 Å². The Hall–Kier alpha value is -3.34. The number of nitrogens with zero attached hydrogens (tertiary/aromatic N) is 1. The van der Waals surface area contributed by atoms with Gasteiger partial charge in [0, 0.05) is 11.6 Å². The fraction of sp³-hybridized carbons (Fsp3) is 0.320. The van der Waals surface area contributed by atoms with Crippen LogP contribution in [-0.2, 0) is 15.0 Å². The summed E-state index contributed by atoms with van der Waals surface area (Å²) in [5.41, 5.74) is 5.78. The summed E-state index contributed by atoms with van der Waals surface area (Å²) in [6, 6.07) is 11.7. The van der Waals surface area contributed by atoms with Crippen LogP contribution < -0.4 is 15.8 Å². The Morgan fingerprint density at radius 2 is 1.83 bits per heavy atom. The number of carbonyl (C=O) groups is 2. The summed E-state index contributed by atoms with van der Waals surface area (Å²) in [6.45, 7) is 3.64. The molecule has 0 fully saturated rings. The highest BCUT2D eigenvalue weighted by Crippen LogP contribution is 2.57. The highest BCUT2D eigenvalue weighted by molar-refractivity contribution is 8.23. The van der Waals surface area contributed by atoms with E-state index in [4.69, 9.17) is 10.5 Å². The third-order valence-corrected chi connectivity index (χ3v) is 7.65. The van der Waals surface area contributed by atoms with Crippen LogP contribution in [0.1, 0.15) is 50.7 Å². The number of nitrogens with two attached hydrogens (primary N) is 1. The number of carbonyl (C=O) groups excluding carboxylic acids is 2. The van der Waals surface area contributed by atoms with Crippen molar-refractivity contribution in [1.29, 1.82) is 0 Å². The Kier molecular flexibility index (Phi) is 6.63. The summed E-state index contributed by atoms with van der Waals surface area (Å²) in [5.74, 6) is -1.12. The highest BCUT2D eigenvalue weighted by atomic mass is 32.3. The van der Waals surface area contributed by atoms with Crippen molar-refractivity contribution in [3.63, 3.8) is 0 Å². The molecule has 10 heteroatoms. The van der Waals surface area contributed by atoms with Gasteiger partial charge in [-0.2, -0.15) is 0 Å². The minimum atomic E-state index is -3.76. The Labute approximate surface area is 205 Å². The van der Waals surface area contributed by atoms with Gasteiger partial charge in [-0.3, -0.25) is 18.7 Å². The first-order chi connectivity index (χ1) is 16.6. The van der Waals surface area contributed by atoms with Crippen molar-refractivity contribution in [1.82, 2.24) is 0 Å². The van der Waals surface area contributed by atoms with Gasteiger partial charge in [0.1, 0.15) is 22.0 Å². The number of rotatable bonds is 8. The predicted octanol–water partition coefficient (Wildman–Crippen LogP) is 4.79. The van der Waals surface area contributed by atoms with Gasteiger partial charge in [0.05, 0.1) is 11.1 Å². The monoisotopic (exact) mass is 499 g/mol. The van der Waals surface area contributed by atoms with Gasteiger partial charge in [-0.1, -0.05) is 61.7 Å². The molecule has 2 aliphatic rings. The minimum absolute atomic E-state index is 0.0420. The number of ketones is 1. The third kappa shape index (κ3) is 4.29. The standard InChI is InChI=1S/C25H29N3O6S/c1-3-11-25(12-4-2)17-8-6-5-7-16(17)22(30)21(23(25)31)24-27-18-10-9-15(34-14-20(26)29)13-19(18)35(32,33)28-24/h5-10,13,30,32-33H,3-4,11-12,14H2,1-2H3,(H2,26,29)(H,27,28). The third-order valence-electron chi connectivity index (χ3n) is 6.29. The molecule has 1 amide bonds. The Morgan fingerprint density at radius 1 is 1.14 bits per heavy atom. The molecule has 6 N–H and O–H groups in total. The fourth-order valence-corrected chi connectivity index (χ4v) is 6.10. The first-order valence-electron chi connectivity index (χ1n) is 11.4. The molecule has 2 aromatic carbocycles. The number of aliphatic hydroxyl groups excluding tert-OH is 1. The van der Waals surface area contributed by atoms with E-state index in [0.717, 1.165) is 18.4 Å². The zero-order valence-corrected chi connectivity index (χ0v) is 20.4. The number of hydrogen-bond donors (Lipinski definition) is 5. The molecule has 1 heterocycles. The van der Waals surface area contributed by atoms with Gasteiger partial charge < -0.3 is 20.9 Å². The SMILES string of the molecule is CCCC1(CCC)C(=O)C(C2=NS(O)(O)c3cc(OCC(N)=O)ccc3N2)=C(O)c2ccccc21. The maximum absolute atomic E-state index is 14.1. The summed E-state index contributed by atoms with van der Waals surface area (Å²) in [4.78, 5) is 25.1. The zero-order valence-electron chi connectivity index (χ0n) is 19.6. The molecule has 0 radical (unpaired) electrons. The Balaban J connectivity index is 1.83. The number of amides is 1. The predicted molar refractivity (Wildman–Crippen MR) is 136 cm³/mol. The molecule has 9 nitrogen and oxygen atoms in total. The number of ether oxygens (including phenoxy) is 1. The molecule has 4 rings (SSSR count). The van der Waals surface area contributed by atoms with Crippen molar-refractivity contribution in [2.45, 2.75) is 49.8 Å². The first-order valence-corrected chi connectivity index (χ1v) is 12.9. The number of anilines is 1. The summed E-state index contributed by atoms with van der Waals surface area (Å²) in [7, 11) is -3.76. The Bertz CT molecular complexity index is 1250. The molecular formula is C25H29N3O6S. The van der Waals surface area contributed by atoms with E-state index in [1.165, 1.54) is 18.2 Å². The number of nitrogens with one attached hydrogen (secondary N) is 1. The Morgan fingerprint density at radius 3 is 2.49 bits per heavy atom. The highest BCUT2D eigenvalue weighted by Gasteiger charge is 2.48. The van der Waals surface area contributed by atoms with Crippen LogP contribution >= 0.6 is 10.8 Å². The first kappa shape index (κ1) is 24.8. The molecular weight excluding hydrogens is 470 g/mol. The van der Waals surface area contributed by atoms with E-state index in [1.807, 2.05) is 26.0 Å². The molecule has 0 unspecified atom stereocenters. The second kappa shape index (κ2) is 9.37. The lowest BCUT2D eigenvalue weighted by Crippen LogP contribution is -2.44. The van der Waals surface area contributed by atoms with E-state index < -0.39 is 22.1 Å². The normalized spacial score (nSPS) is 18.6. The van der Waals surface area contributed by atoms with E-state index >= 15 is 0 Å². The van der Waals surface area contributed by atoms with Gasteiger partial charge in [-0.15, -0.1) is 4.40 Å².